The minimum absolute atomic E-state index is 1.02. The first kappa shape index (κ1) is 6.91. The molecule has 2 rings (SSSR count). The van der Waals surface area contributed by atoms with Crippen LogP contribution in [0.3, 0.4) is 0 Å². The van der Waals surface area contributed by atoms with E-state index < -0.39 is 0 Å². The Morgan fingerprint density at radius 1 is 1.64 bits per heavy atom. The molecule has 0 aromatic carbocycles. The third-order valence-electron chi connectivity index (χ3n) is 1.79. The molecule has 3 nitrogen and oxygen atoms in total. The average Bonchev–Trinajstić information content (AvgIpc) is 2.46. The van der Waals surface area contributed by atoms with Gasteiger partial charge in [0.1, 0.15) is 5.00 Å². The quantitative estimate of drug-likeness (QED) is 0.669. The van der Waals surface area contributed by atoms with Crippen LogP contribution < -0.4 is 10.6 Å². The van der Waals surface area contributed by atoms with Gasteiger partial charge in [-0.3, -0.25) is 0 Å². The summed E-state index contributed by atoms with van der Waals surface area (Å²) in [5, 5.41) is 8.65. The molecule has 1 aromatic heterocycles. The van der Waals surface area contributed by atoms with E-state index in [4.69, 9.17) is 0 Å². The lowest BCUT2D eigenvalue weighted by molar-refractivity contribution is 0.814. The number of thiazole rings is 1. The first-order valence-corrected chi connectivity index (χ1v) is 4.63. The molecule has 2 heterocycles. The van der Waals surface area contributed by atoms with Crippen LogP contribution in [0.1, 0.15) is 12.1 Å². The highest BCUT2D eigenvalue weighted by atomic mass is 32.1. The molecule has 0 spiro atoms. The van der Waals surface area contributed by atoms with Crippen molar-refractivity contribution in [3.8, 4) is 0 Å². The molecule has 0 radical (unpaired) electrons. The van der Waals surface area contributed by atoms with Gasteiger partial charge in [-0.25, -0.2) is 4.98 Å². The van der Waals surface area contributed by atoms with E-state index >= 15 is 0 Å². The molecule has 1 aliphatic rings. The van der Waals surface area contributed by atoms with Crippen LogP contribution in [0.4, 0.5) is 10.1 Å². The lowest BCUT2D eigenvalue weighted by atomic mass is 10.2. The molecule has 11 heavy (non-hydrogen) atoms. The van der Waals surface area contributed by atoms with Crippen molar-refractivity contribution in [3.63, 3.8) is 0 Å². The Hall–Kier alpha value is -0.770. The standard InChI is InChI=1S/C7H11N3S/c1-8-7-10-5-3-2-4-9-6(5)11-7/h9H,2-4H2,1H3,(H,8,10). The third kappa shape index (κ3) is 1.18. The van der Waals surface area contributed by atoms with E-state index in [1.165, 1.54) is 17.1 Å². The third-order valence-corrected chi connectivity index (χ3v) is 2.86. The van der Waals surface area contributed by atoms with Crippen molar-refractivity contribution in [2.45, 2.75) is 12.8 Å². The molecule has 60 valence electrons. The minimum atomic E-state index is 1.02. The second-order valence-electron chi connectivity index (χ2n) is 2.58. The molecular formula is C7H11N3S. The van der Waals surface area contributed by atoms with E-state index in [2.05, 4.69) is 15.6 Å². The summed E-state index contributed by atoms with van der Waals surface area (Å²) < 4.78 is 0. The maximum Gasteiger partial charge on any atom is 0.184 e. The molecule has 0 fully saturated rings. The zero-order valence-electron chi connectivity index (χ0n) is 6.48. The summed E-state index contributed by atoms with van der Waals surface area (Å²) in [6.07, 6.45) is 2.33. The van der Waals surface area contributed by atoms with Crippen LogP contribution in [-0.2, 0) is 6.42 Å². The van der Waals surface area contributed by atoms with Crippen LogP contribution in [0.25, 0.3) is 0 Å². The van der Waals surface area contributed by atoms with Crippen molar-refractivity contribution in [2.24, 2.45) is 0 Å². The molecule has 0 bridgehead atoms. The van der Waals surface area contributed by atoms with Crippen molar-refractivity contribution >= 4 is 21.5 Å². The molecule has 0 atom stereocenters. The van der Waals surface area contributed by atoms with Crippen LogP contribution in [0.15, 0.2) is 0 Å². The largest absolute Gasteiger partial charge is 0.375 e. The number of hydrogen-bond acceptors (Lipinski definition) is 4. The number of hydrogen-bond donors (Lipinski definition) is 2. The van der Waals surface area contributed by atoms with Gasteiger partial charge in [0.2, 0.25) is 0 Å². The van der Waals surface area contributed by atoms with E-state index in [9.17, 15) is 0 Å². The maximum atomic E-state index is 4.41. The highest BCUT2D eigenvalue weighted by molar-refractivity contribution is 7.19. The van der Waals surface area contributed by atoms with Gasteiger partial charge in [-0.15, -0.1) is 0 Å². The number of nitrogens with one attached hydrogen (secondary N) is 2. The molecule has 0 amide bonds. The van der Waals surface area contributed by atoms with Gasteiger partial charge in [-0.1, -0.05) is 11.3 Å². The molecule has 2 N–H and O–H groups in total. The lowest BCUT2D eigenvalue weighted by Crippen LogP contribution is -2.09. The molecule has 0 aliphatic carbocycles. The monoisotopic (exact) mass is 169 g/mol. The summed E-state index contributed by atoms with van der Waals surface area (Å²) in [5.74, 6) is 0. The highest BCUT2D eigenvalue weighted by Crippen LogP contribution is 2.31. The van der Waals surface area contributed by atoms with Crippen molar-refractivity contribution < 1.29 is 0 Å². The predicted molar refractivity (Wildman–Crippen MR) is 48.5 cm³/mol. The maximum absolute atomic E-state index is 4.41. The summed E-state index contributed by atoms with van der Waals surface area (Å²) >= 11 is 1.70. The predicted octanol–water partition coefficient (Wildman–Crippen LogP) is 1.54. The Balaban J connectivity index is 2.32. The van der Waals surface area contributed by atoms with Gasteiger partial charge in [0.25, 0.3) is 0 Å². The van der Waals surface area contributed by atoms with Crippen molar-refractivity contribution in [1.29, 1.82) is 0 Å². The van der Waals surface area contributed by atoms with Gasteiger partial charge in [0.05, 0.1) is 5.69 Å². The Kier molecular flexibility index (Phi) is 1.69. The number of aromatic nitrogens is 1. The summed E-state index contributed by atoms with van der Waals surface area (Å²) in [4.78, 5) is 4.41. The zero-order chi connectivity index (χ0) is 7.68. The fraction of sp³-hybridized carbons (Fsp3) is 0.571. The number of anilines is 2. The van der Waals surface area contributed by atoms with Crippen LogP contribution >= 0.6 is 11.3 Å². The van der Waals surface area contributed by atoms with E-state index in [0.717, 1.165) is 18.1 Å². The van der Waals surface area contributed by atoms with E-state index in [-0.39, 0.29) is 0 Å². The van der Waals surface area contributed by atoms with Gasteiger partial charge in [-0.2, -0.15) is 0 Å². The number of fused-ring (bicyclic) bond motifs is 1. The molecular weight excluding hydrogens is 158 g/mol. The number of nitrogens with zero attached hydrogens (tertiary/aromatic N) is 1. The van der Waals surface area contributed by atoms with E-state index in [1.807, 2.05) is 7.05 Å². The smallest absolute Gasteiger partial charge is 0.184 e. The van der Waals surface area contributed by atoms with Gasteiger partial charge in [0.15, 0.2) is 5.13 Å². The highest BCUT2D eigenvalue weighted by Gasteiger charge is 2.13. The number of aryl methyl sites for hydroxylation is 1. The Bertz CT molecular complexity index is 233. The topological polar surface area (TPSA) is 37.0 Å². The second-order valence-corrected chi connectivity index (χ2v) is 3.57. The fourth-order valence-electron chi connectivity index (χ4n) is 1.22. The summed E-state index contributed by atoms with van der Waals surface area (Å²) in [7, 11) is 1.91. The molecule has 4 heteroatoms. The molecule has 0 saturated heterocycles. The van der Waals surface area contributed by atoms with Crippen molar-refractivity contribution in [1.82, 2.24) is 4.98 Å². The minimum Gasteiger partial charge on any atom is -0.375 e. The van der Waals surface area contributed by atoms with E-state index in [1.54, 1.807) is 11.3 Å². The molecule has 0 unspecified atom stereocenters. The lowest BCUT2D eigenvalue weighted by Gasteiger charge is -2.10. The second kappa shape index (κ2) is 2.70. The summed E-state index contributed by atoms with van der Waals surface area (Å²) in [6.45, 7) is 1.10. The Morgan fingerprint density at radius 3 is 3.27 bits per heavy atom. The normalized spacial score (nSPS) is 15.4. The zero-order valence-corrected chi connectivity index (χ0v) is 7.29. The van der Waals surface area contributed by atoms with E-state index in [0.29, 0.717) is 0 Å². The molecule has 1 aliphatic heterocycles. The first-order chi connectivity index (χ1) is 5.40. The summed E-state index contributed by atoms with van der Waals surface area (Å²) in [5.41, 5.74) is 1.23. The molecule has 1 aromatic rings. The van der Waals surface area contributed by atoms with Crippen LogP contribution in [0.2, 0.25) is 0 Å². The van der Waals surface area contributed by atoms with Crippen molar-refractivity contribution in [2.75, 3.05) is 24.2 Å². The summed E-state index contributed by atoms with van der Waals surface area (Å²) in [6, 6.07) is 0. The van der Waals surface area contributed by atoms with Gasteiger partial charge in [0, 0.05) is 13.6 Å². The van der Waals surface area contributed by atoms with Gasteiger partial charge in [-0.05, 0) is 12.8 Å². The number of rotatable bonds is 1. The van der Waals surface area contributed by atoms with Crippen LogP contribution in [-0.4, -0.2) is 18.6 Å². The van der Waals surface area contributed by atoms with Crippen LogP contribution in [0.5, 0.6) is 0 Å². The van der Waals surface area contributed by atoms with Gasteiger partial charge >= 0.3 is 0 Å². The fourth-order valence-corrected chi connectivity index (χ4v) is 2.11. The molecule has 0 saturated carbocycles. The van der Waals surface area contributed by atoms with Crippen molar-refractivity contribution in [3.05, 3.63) is 5.69 Å². The Morgan fingerprint density at radius 2 is 2.55 bits per heavy atom. The average molecular weight is 169 g/mol. The first-order valence-electron chi connectivity index (χ1n) is 3.81. The van der Waals surface area contributed by atoms with Crippen LogP contribution in [0, 0.1) is 0 Å². The Labute approximate surface area is 69.8 Å². The SMILES string of the molecule is CNc1nc2c(s1)NCCC2. The van der Waals surface area contributed by atoms with Gasteiger partial charge < -0.3 is 10.6 Å².